The lowest BCUT2D eigenvalue weighted by Gasteiger charge is -2.19. The molecule has 350 valence electrons. The molecule has 0 amide bonds. The van der Waals surface area contributed by atoms with Crippen molar-refractivity contribution in [3.63, 3.8) is 0 Å². The molecular formula is C43H83O15-5. The van der Waals surface area contributed by atoms with E-state index in [-0.39, 0.29) is 56.9 Å². The van der Waals surface area contributed by atoms with Gasteiger partial charge in [-0.2, -0.15) is 0 Å². The van der Waals surface area contributed by atoms with E-state index >= 15 is 0 Å². The van der Waals surface area contributed by atoms with E-state index in [4.69, 9.17) is 23.7 Å². The Labute approximate surface area is 351 Å². The van der Waals surface area contributed by atoms with E-state index < -0.39 is 35.8 Å². The second-order valence-electron chi connectivity index (χ2n) is 14.5. The molecule has 15 nitrogen and oxygen atoms in total. The van der Waals surface area contributed by atoms with Gasteiger partial charge in [-0.3, -0.25) is 0 Å². The summed E-state index contributed by atoms with van der Waals surface area (Å²) in [4.78, 5) is 50.4. The minimum Gasteiger partial charge on any atom is -0.550 e. The minimum absolute atomic E-state index is 0.0166. The lowest BCUT2D eigenvalue weighted by atomic mass is 9.98. The van der Waals surface area contributed by atoms with Crippen LogP contribution in [0.5, 0.6) is 0 Å². The van der Waals surface area contributed by atoms with Crippen LogP contribution in [0.3, 0.4) is 0 Å². The van der Waals surface area contributed by atoms with Gasteiger partial charge < -0.3 is 73.2 Å². The van der Waals surface area contributed by atoms with Gasteiger partial charge in [-0.25, -0.2) is 0 Å². The van der Waals surface area contributed by atoms with E-state index in [1.807, 2.05) is 55.4 Å². The van der Waals surface area contributed by atoms with Crippen molar-refractivity contribution in [1.82, 2.24) is 0 Å². The number of carboxylic acids is 5. The third-order valence-electron chi connectivity index (χ3n) is 8.04. The summed E-state index contributed by atoms with van der Waals surface area (Å²) in [5.74, 6) is -4.54. The summed E-state index contributed by atoms with van der Waals surface area (Å²) in [6.45, 7) is 29.9. The molecule has 0 N–H and O–H groups in total. The number of aliphatic carboxylic acids is 5. The third kappa shape index (κ3) is 77.6. The largest absolute Gasteiger partial charge is 0.550 e. The molecule has 0 radical (unpaired) electrons. The number of carboxylic acid groups (broad SMARTS) is 5. The van der Waals surface area contributed by atoms with Gasteiger partial charge in [0.1, 0.15) is 0 Å². The Balaban J connectivity index is -0.000000146. The lowest BCUT2D eigenvalue weighted by molar-refractivity contribution is -0.312. The first kappa shape index (κ1) is 66.9. The topological polar surface area (TPSA) is 247 Å². The molecule has 0 aromatic carbocycles. The normalized spacial score (nSPS) is 12.3. The van der Waals surface area contributed by atoms with Crippen LogP contribution in [0.2, 0.25) is 0 Å². The zero-order valence-corrected chi connectivity index (χ0v) is 38.7. The Hall–Kier alpha value is -2.85. The van der Waals surface area contributed by atoms with E-state index in [2.05, 4.69) is 41.5 Å². The Kier molecular flexibility index (Phi) is 58.0. The molecule has 0 spiro atoms. The van der Waals surface area contributed by atoms with Gasteiger partial charge in [-0.05, 0) is 103 Å². The first-order chi connectivity index (χ1) is 27.0. The summed E-state index contributed by atoms with van der Waals surface area (Å²) in [6.07, 6.45) is 7.28. The van der Waals surface area contributed by atoms with Crippen LogP contribution in [0, 0.1) is 17.8 Å². The van der Waals surface area contributed by atoms with Crippen molar-refractivity contribution in [1.29, 1.82) is 0 Å². The maximum absolute atomic E-state index is 10.4. The molecule has 0 saturated heterocycles. The fourth-order valence-electron chi connectivity index (χ4n) is 2.83. The number of hydrogen-bond donors (Lipinski definition) is 0. The summed E-state index contributed by atoms with van der Waals surface area (Å²) < 4.78 is 25.3. The zero-order chi connectivity index (χ0) is 46.5. The molecule has 0 aliphatic rings. The van der Waals surface area contributed by atoms with Crippen LogP contribution in [0.25, 0.3) is 0 Å². The average molecular weight is 840 g/mol. The average Bonchev–Trinajstić information content (AvgIpc) is 3.15. The maximum Gasteiger partial charge on any atom is 0.0864 e. The van der Waals surface area contributed by atoms with Gasteiger partial charge in [0.15, 0.2) is 0 Å². The fourth-order valence-corrected chi connectivity index (χ4v) is 2.83. The Morgan fingerprint density at radius 3 is 1.07 bits per heavy atom. The molecule has 0 aliphatic carbocycles. The highest BCUT2D eigenvalue weighted by Crippen LogP contribution is 2.13. The highest BCUT2D eigenvalue weighted by atomic mass is 16.5. The molecule has 4 unspecified atom stereocenters. The Bertz CT molecular complexity index is 904. The minimum atomic E-state index is -1.24. The molecule has 0 fully saturated rings. The van der Waals surface area contributed by atoms with E-state index in [0.29, 0.717) is 39.3 Å². The summed E-state index contributed by atoms with van der Waals surface area (Å²) in [7, 11) is 0. The molecule has 58 heavy (non-hydrogen) atoms. The predicted octanol–water partition coefficient (Wildman–Crippen LogP) is 2.64. The molecule has 0 aromatic heterocycles. The van der Waals surface area contributed by atoms with Crippen molar-refractivity contribution in [3.05, 3.63) is 0 Å². The van der Waals surface area contributed by atoms with Gasteiger partial charge in [0.25, 0.3) is 0 Å². The van der Waals surface area contributed by atoms with E-state index in [0.717, 1.165) is 37.5 Å². The van der Waals surface area contributed by atoms with Crippen molar-refractivity contribution in [2.45, 2.75) is 192 Å². The van der Waals surface area contributed by atoms with Crippen molar-refractivity contribution in [3.8, 4) is 0 Å². The standard InChI is InChI=1S/C11H20O5.C8H16O4.C8H16O3.C6H12O3.2C5H12/c1-3-8(2)16-5-4-9(6-10(12)13)7-11(14)15;1-3-7(2)12-5-4-11-6-8(9)10;1-3-7(2)11-6-4-5-8(9)10;1-3-5(2)9-4-6(7)8;2*1-4-5(2)3/h8-9H,3-7H2,1-2H3,(H,12,13)(H,14,15);7H,3-6H2,1-2H3,(H,9,10);7H,3-6H2,1-2H3,(H,9,10);5H,3-4H2,1-2H3,(H,7,8);2*5H,4H2,1-3H3/p-5. The van der Waals surface area contributed by atoms with Crippen molar-refractivity contribution in [2.75, 3.05) is 39.6 Å². The van der Waals surface area contributed by atoms with Crippen LogP contribution in [0.4, 0.5) is 0 Å². The van der Waals surface area contributed by atoms with Gasteiger partial charge in [0, 0.05) is 31.1 Å². The van der Waals surface area contributed by atoms with Crippen LogP contribution < -0.4 is 25.5 Å². The Morgan fingerprint density at radius 1 is 0.414 bits per heavy atom. The monoisotopic (exact) mass is 840 g/mol. The maximum atomic E-state index is 10.4. The molecule has 15 heteroatoms. The molecule has 0 aromatic rings. The number of hydrogen-bond acceptors (Lipinski definition) is 15. The van der Waals surface area contributed by atoms with E-state index in [1.54, 1.807) is 0 Å². The van der Waals surface area contributed by atoms with Gasteiger partial charge in [0.2, 0.25) is 0 Å². The van der Waals surface area contributed by atoms with Crippen LogP contribution in [-0.4, -0.2) is 93.9 Å². The quantitative estimate of drug-likeness (QED) is 0.103. The fraction of sp³-hybridized carbons (Fsp3) is 0.884. The zero-order valence-electron chi connectivity index (χ0n) is 38.7. The second kappa shape index (κ2) is 50.3. The first-order valence-electron chi connectivity index (χ1n) is 21.0. The lowest BCUT2D eigenvalue weighted by Crippen LogP contribution is -2.30. The predicted molar refractivity (Wildman–Crippen MR) is 216 cm³/mol. The summed E-state index contributed by atoms with van der Waals surface area (Å²) in [5, 5.41) is 50.4. The third-order valence-corrected chi connectivity index (χ3v) is 8.04. The molecule has 0 aliphatic heterocycles. The smallest absolute Gasteiger partial charge is 0.0864 e. The van der Waals surface area contributed by atoms with Crippen LogP contribution in [-0.2, 0) is 47.7 Å². The molecule has 0 rings (SSSR count). The van der Waals surface area contributed by atoms with E-state index in [1.165, 1.54) is 12.8 Å². The number of carbonyl (C=O) groups is 5. The highest BCUT2D eigenvalue weighted by Gasteiger charge is 2.11. The van der Waals surface area contributed by atoms with Gasteiger partial charge in [0.05, 0.1) is 62.8 Å². The highest BCUT2D eigenvalue weighted by molar-refractivity contribution is 5.68. The molecule has 4 atom stereocenters. The Morgan fingerprint density at radius 2 is 0.759 bits per heavy atom. The summed E-state index contributed by atoms with van der Waals surface area (Å²) >= 11 is 0. The van der Waals surface area contributed by atoms with Crippen molar-refractivity contribution < 1.29 is 73.2 Å². The van der Waals surface area contributed by atoms with Gasteiger partial charge in [-0.15, -0.1) is 0 Å². The van der Waals surface area contributed by atoms with Gasteiger partial charge >= 0.3 is 0 Å². The number of ether oxygens (including phenoxy) is 5. The van der Waals surface area contributed by atoms with Crippen molar-refractivity contribution in [2.24, 2.45) is 17.8 Å². The van der Waals surface area contributed by atoms with Gasteiger partial charge in [-0.1, -0.05) is 82.1 Å². The molecular weight excluding hydrogens is 756 g/mol. The molecule has 0 bridgehead atoms. The molecule has 0 saturated carbocycles. The van der Waals surface area contributed by atoms with E-state index in [9.17, 15) is 49.5 Å². The summed E-state index contributed by atoms with van der Waals surface area (Å²) in [5.41, 5.74) is 0. The van der Waals surface area contributed by atoms with Crippen LogP contribution in [0.15, 0.2) is 0 Å². The first-order valence-corrected chi connectivity index (χ1v) is 21.0. The van der Waals surface area contributed by atoms with Crippen LogP contribution >= 0.6 is 0 Å². The number of rotatable bonds is 28. The number of carbonyl (C=O) groups excluding carboxylic acids is 5. The van der Waals surface area contributed by atoms with Crippen LogP contribution in [0.1, 0.15) is 168 Å². The van der Waals surface area contributed by atoms with Crippen molar-refractivity contribution >= 4 is 29.8 Å². The second-order valence-corrected chi connectivity index (χ2v) is 14.5. The molecule has 0 heterocycles. The summed E-state index contributed by atoms with van der Waals surface area (Å²) in [6, 6.07) is 0. The SMILES string of the molecule is CCC(C)C.CCC(C)C.CCC(C)OCC(=O)[O-].CCC(C)OCCC(CC(=O)[O-])CC(=O)[O-].CCC(C)OCCCC(=O)[O-].CCC(C)OCCOCC(=O)[O-].